The van der Waals surface area contributed by atoms with E-state index in [9.17, 15) is 28.6 Å². The molecular formula is C14H13N3O6S. The average Bonchev–Trinajstić information content (AvgIpc) is 2.48. The molecule has 0 amide bonds. The number of nitro groups is 2. The molecule has 0 bridgehead atoms. The van der Waals surface area contributed by atoms with Crippen LogP contribution in [0.5, 0.6) is 0 Å². The summed E-state index contributed by atoms with van der Waals surface area (Å²) in [4.78, 5) is 20.2. The Morgan fingerprint density at radius 1 is 0.917 bits per heavy atom. The van der Waals surface area contributed by atoms with Crippen molar-refractivity contribution in [2.45, 2.75) is 18.7 Å². The van der Waals surface area contributed by atoms with Crippen molar-refractivity contribution >= 4 is 27.1 Å². The molecule has 0 spiro atoms. The van der Waals surface area contributed by atoms with Gasteiger partial charge >= 0.3 is 0 Å². The van der Waals surface area contributed by atoms with Crippen LogP contribution in [-0.4, -0.2) is 18.3 Å². The summed E-state index contributed by atoms with van der Waals surface area (Å²) in [7, 11) is -4.13. The van der Waals surface area contributed by atoms with E-state index in [0.717, 1.165) is 12.1 Å². The van der Waals surface area contributed by atoms with Gasteiger partial charge in [0, 0.05) is 23.8 Å². The second-order valence-corrected chi connectivity index (χ2v) is 6.72. The summed E-state index contributed by atoms with van der Waals surface area (Å²) in [5.74, 6) is 0. The first-order valence-electron chi connectivity index (χ1n) is 6.65. The summed E-state index contributed by atoms with van der Waals surface area (Å²) in [5.41, 5.74) is 0.101. The van der Waals surface area contributed by atoms with E-state index in [1.54, 1.807) is 0 Å². The second-order valence-electron chi connectivity index (χ2n) is 5.07. The van der Waals surface area contributed by atoms with Crippen LogP contribution in [0.25, 0.3) is 0 Å². The van der Waals surface area contributed by atoms with Crippen LogP contribution in [0.15, 0.2) is 41.3 Å². The Bertz CT molecular complexity index is 940. The average molecular weight is 351 g/mol. The van der Waals surface area contributed by atoms with Gasteiger partial charge < -0.3 is 0 Å². The van der Waals surface area contributed by atoms with Gasteiger partial charge in [-0.3, -0.25) is 25.0 Å². The number of non-ortho nitro benzene ring substituents is 1. The molecule has 2 aromatic carbocycles. The van der Waals surface area contributed by atoms with Crippen LogP contribution in [0, 0.1) is 34.1 Å². The summed E-state index contributed by atoms with van der Waals surface area (Å²) in [6, 6.07) is 7.36. The lowest BCUT2D eigenvalue weighted by molar-refractivity contribution is -0.385. The number of benzene rings is 2. The summed E-state index contributed by atoms with van der Waals surface area (Å²) in [6.07, 6.45) is 0. The van der Waals surface area contributed by atoms with Crippen molar-refractivity contribution in [3.63, 3.8) is 0 Å². The molecule has 0 radical (unpaired) electrons. The molecule has 9 nitrogen and oxygen atoms in total. The fourth-order valence-corrected chi connectivity index (χ4v) is 3.39. The van der Waals surface area contributed by atoms with Crippen molar-refractivity contribution in [1.82, 2.24) is 0 Å². The number of hydrogen-bond acceptors (Lipinski definition) is 6. The second kappa shape index (κ2) is 6.24. The van der Waals surface area contributed by atoms with E-state index >= 15 is 0 Å². The molecule has 0 fully saturated rings. The van der Waals surface area contributed by atoms with E-state index in [4.69, 9.17) is 0 Å². The molecule has 24 heavy (non-hydrogen) atoms. The number of rotatable bonds is 5. The van der Waals surface area contributed by atoms with E-state index in [1.165, 1.54) is 38.1 Å². The van der Waals surface area contributed by atoms with Gasteiger partial charge in [-0.25, -0.2) is 8.42 Å². The Hall–Kier alpha value is -3.01. The van der Waals surface area contributed by atoms with Crippen molar-refractivity contribution in [3.05, 3.63) is 67.8 Å². The van der Waals surface area contributed by atoms with Crippen LogP contribution in [0.1, 0.15) is 11.1 Å². The van der Waals surface area contributed by atoms with Crippen LogP contribution < -0.4 is 4.72 Å². The molecule has 0 saturated carbocycles. The third kappa shape index (κ3) is 3.49. The van der Waals surface area contributed by atoms with Crippen molar-refractivity contribution in [2.75, 3.05) is 4.72 Å². The topological polar surface area (TPSA) is 132 Å². The quantitative estimate of drug-likeness (QED) is 0.650. The fourth-order valence-electron chi connectivity index (χ4n) is 2.07. The summed E-state index contributed by atoms with van der Waals surface area (Å²) in [6.45, 7) is 3.02. The minimum absolute atomic E-state index is 0.00166. The summed E-state index contributed by atoms with van der Waals surface area (Å²) >= 11 is 0. The highest BCUT2D eigenvalue weighted by Crippen LogP contribution is 2.27. The fraction of sp³-hybridized carbons (Fsp3) is 0.143. The van der Waals surface area contributed by atoms with E-state index in [2.05, 4.69) is 4.72 Å². The molecule has 126 valence electrons. The minimum Gasteiger partial charge on any atom is -0.279 e. The zero-order valence-corrected chi connectivity index (χ0v) is 13.5. The summed E-state index contributed by atoms with van der Waals surface area (Å²) in [5, 5.41) is 21.8. The van der Waals surface area contributed by atoms with Gasteiger partial charge in [-0.1, -0.05) is 12.1 Å². The number of nitrogens with one attached hydrogen (secondary N) is 1. The molecule has 0 atom stereocenters. The zero-order chi connectivity index (χ0) is 18.1. The molecule has 0 aliphatic rings. The van der Waals surface area contributed by atoms with Gasteiger partial charge in [0.2, 0.25) is 0 Å². The molecule has 0 heterocycles. The van der Waals surface area contributed by atoms with Crippen molar-refractivity contribution in [3.8, 4) is 0 Å². The lowest BCUT2D eigenvalue weighted by atomic mass is 10.2. The maximum atomic E-state index is 12.5. The molecule has 1 N–H and O–H groups in total. The Morgan fingerprint density at radius 3 is 2.12 bits per heavy atom. The first-order valence-corrected chi connectivity index (χ1v) is 8.13. The van der Waals surface area contributed by atoms with Crippen molar-refractivity contribution in [2.24, 2.45) is 0 Å². The number of nitrogens with zero attached hydrogens (tertiary/aromatic N) is 2. The Balaban J connectivity index is 2.46. The Morgan fingerprint density at radius 2 is 1.54 bits per heavy atom. The van der Waals surface area contributed by atoms with E-state index in [-0.39, 0.29) is 22.0 Å². The zero-order valence-electron chi connectivity index (χ0n) is 12.7. The first kappa shape index (κ1) is 17.3. The highest BCUT2D eigenvalue weighted by atomic mass is 32.2. The molecule has 0 aliphatic heterocycles. The lowest BCUT2D eigenvalue weighted by Gasteiger charge is -2.10. The van der Waals surface area contributed by atoms with Crippen LogP contribution >= 0.6 is 0 Å². The Kier molecular flexibility index (Phi) is 4.51. The van der Waals surface area contributed by atoms with Crippen molar-refractivity contribution in [1.29, 1.82) is 0 Å². The van der Waals surface area contributed by atoms with Gasteiger partial charge in [-0.2, -0.15) is 0 Å². The maximum Gasteiger partial charge on any atom is 0.274 e. The minimum atomic E-state index is -4.13. The number of nitro benzene ring substituents is 2. The van der Waals surface area contributed by atoms with Gasteiger partial charge in [-0.05, 0) is 25.5 Å². The predicted molar refractivity (Wildman–Crippen MR) is 86.5 cm³/mol. The van der Waals surface area contributed by atoms with Gasteiger partial charge in [0.05, 0.1) is 20.4 Å². The van der Waals surface area contributed by atoms with Crippen molar-refractivity contribution < 1.29 is 18.3 Å². The molecule has 0 aromatic heterocycles. The van der Waals surface area contributed by atoms with Crippen LogP contribution in [0.4, 0.5) is 17.1 Å². The SMILES string of the molecule is Cc1ccc(NS(=O)(=O)c2cc([N+](=O)[O-])ccc2C)cc1[N+](=O)[O-]. The highest BCUT2D eigenvalue weighted by molar-refractivity contribution is 7.92. The van der Waals surface area contributed by atoms with Gasteiger partial charge in [0.15, 0.2) is 0 Å². The highest BCUT2D eigenvalue weighted by Gasteiger charge is 2.22. The summed E-state index contributed by atoms with van der Waals surface area (Å²) < 4.78 is 27.1. The van der Waals surface area contributed by atoms with Crippen LogP contribution in [-0.2, 0) is 10.0 Å². The molecule has 0 aliphatic carbocycles. The van der Waals surface area contributed by atoms with Gasteiger partial charge in [0.1, 0.15) is 0 Å². The molecule has 2 aromatic rings. The third-order valence-corrected chi connectivity index (χ3v) is 4.85. The normalized spacial score (nSPS) is 11.1. The molecular weight excluding hydrogens is 338 g/mol. The smallest absolute Gasteiger partial charge is 0.274 e. The van der Waals surface area contributed by atoms with E-state index in [1.807, 2.05) is 0 Å². The number of sulfonamides is 1. The third-order valence-electron chi connectivity index (χ3n) is 3.33. The van der Waals surface area contributed by atoms with Gasteiger partial charge in [0.25, 0.3) is 21.4 Å². The maximum absolute atomic E-state index is 12.5. The molecule has 2 rings (SSSR count). The molecule has 10 heteroatoms. The number of hydrogen-bond donors (Lipinski definition) is 1. The molecule has 0 saturated heterocycles. The van der Waals surface area contributed by atoms with Crippen LogP contribution in [0.2, 0.25) is 0 Å². The van der Waals surface area contributed by atoms with E-state index < -0.39 is 19.9 Å². The van der Waals surface area contributed by atoms with E-state index in [0.29, 0.717) is 11.1 Å². The number of anilines is 1. The lowest BCUT2D eigenvalue weighted by Crippen LogP contribution is -2.14. The number of aryl methyl sites for hydroxylation is 2. The predicted octanol–water partition coefficient (Wildman–Crippen LogP) is 2.92. The van der Waals surface area contributed by atoms with Gasteiger partial charge in [-0.15, -0.1) is 0 Å². The monoisotopic (exact) mass is 351 g/mol. The first-order chi connectivity index (χ1) is 11.1. The Labute approximate surface area is 137 Å². The van der Waals surface area contributed by atoms with Crippen LogP contribution in [0.3, 0.4) is 0 Å². The standard InChI is InChI=1S/C14H13N3O6S/c1-9-3-5-11(7-13(9)17(20)21)15-24(22,23)14-8-12(16(18)19)6-4-10(14)2/h3-8,15H,1-2H3. The largest absolute Gasteiger partial charge is 0.279 e. The molecule has 0 unspecified atom stereocenters.